The highest BCUT2D eigenvalue weighted by Gasteiger charge is 2.25. The number of benzene rings is 3. The summed E-state index contributed by atoms with van der Waals surface area (Å²) < 4.78 is 0. The molecule has 1 aliphatic heterocycles. The lowest BCUT2D eigenvalue weighted by Gasteiger charge is -2.26. The minimum Gasteiger partial charge on any atom is -0.357 e. The van der Waals surface area contributed by atoms with Crippen LogP contribution in [0.5, 0.6) is 0 Å². The summed E-state index contributed by atoms with van der Waals surface area (Å²) in [4.78, 5) is 3.67. The first-order chi connectivity index (χ1) is 11.4. The first kappa shape index (κ1) is 12.9. The molecule has 2 heteroatoms. The van der Waals surface area contributed by atoms with Crippen LogP contribution >= 0.6 is 0 Å². The molecule has 0 radical (unpaired) electrons. The van der Waals surface area contributed by atoms with Crippen LogP contribution < -0.4 is 5.32 Å². The van der Waals surface area contributed by atoms with E-state index in [1.165, 1.54) is 38.5 Å². The summed E-state index contributed by atoms with van der Waals surface area (Å²) in [5.74, 6) is 0. The van der Waals surface area contributed by atoms with Crippen LogP contribution in [0.25, 0.3) is 21.7 Å². The largest absolute Gasteiger partial charge is 0.357 e. The number of aromatic amines is 1. The van der Waals surface area contributed by atoms with Crippen molar-refractivity contribution in [2.45, 2.75) is 12.5 Å². The van der Waals surface area contributed by atoms with Gasteiger partial charge >= 0.3 is 0 Å². The van der Waals surface area contributed by atoms with Crippen molar-refractivity contribution < 1.29 is 0 Å². The fraction of sp³-hybridized carbons (Fsp3) is 0.143. The van der Waals surface area contributed by atoms with Gasteiger partial charge in [-0.15, -0.1) is 0 Å². The fourth-order valence-corrected chi connectivity index (χ4v) is 3.95. The Morgan fingerprint density at radius 2 is 1.57 bits per heavy atom. The Balaban J connectivity index is 1.76. The molecule has 1 aromatic heterocycles. The predicted octanol–water partition coefficient (Wildman–Crippen LogP) is 4.56. The third-order valence-corrected chi connectivity index (χ3v) is 4.99. The summed E-state index contributed by atoms with van der Waals surface area (Å²) in [5, 5.41) is 7.72. The smallest absolute Gasteiger partial charge is 0.0738 e. The van der Waals surface area contributed by atoms with E-state index in [0.29, 0.717) is 0 Å². The zero-order chi connectivity index (χ0) is 15.2. The fourth-order valence-electron chi connectivity index (χ4n) is 3.95. The van der Waals surface area contributed by atoms with Gasteiger partial charge in [0.2, 0.25) is 0 Å². The lowest BCUT2D eigenvalue weighted by Crippen LogP contribution is -2.30. The first-order valence-corrected chi connectivity index (χ1v) is 8.22. The van der Waals surface area contributed by atoms with Crippen molar-refractivity contribution in [2.24, 2.45) is 0 Å². The van der Waals surface area contributed by atoms with Gasteiger partial charge in [-0.2, -0.15) is 0 Å². The monoisotopic (exact) mass is 298 g/mol. The zero-order valence-electron chi connectivity index (χ0n) is 12.8. The quantitative estimate of drug-likeness (QED) is 0.530. The number of para-hydroxylation sites is 1. The van der Waals surface area contributed by atoms with E-state index in [1.54, 1.807) is 0 Å². The summed E-state index contributed by atoms with van der Waals surface area (Å²) in [7, 11) is 0. The van der Waals surface area contributed by atoms with E-state index in [0.717, 1.165) is 13.0 Å². The van der Waals surface area contributed by atoms with Gasteiger partial charge in [-0.25, -0.2) is 0 Å². The van der Waals surface area contributed by atoms with Gasteiger partial charge in [0, 0.05) is 23.1 Å². The minimum absolute atomic E-state index is 0.234. The second-order valence-corrected chi connectivity index (χ2v) is 6.27. The van der Waals surface area contributed by atoms with E-state index in [-0.39, 0.29) is 6.04 Å². The molecule has 23 heavy (non-hydrogen) atoms. The summed E-state index contributed by atoms with van der Waals surface area (Å²) >= 11 is 0. The topological polar surface area (TPSA) is 27.8 Å². The number of fused-ring (bicyclic) bond motifs is 4. The number of H-pyrrole nitrogens is 1. The van der Waals surface area contributed by atoms with Gasteiger partial charge < -0.3 is 10.3 Å². The molecule has 0 amide bonds. The normalized spacial score (nSPS) is 17.5. The van der Waals surface area contributed by atoms with Crippen molar-refractivity contribution in [1.82, 2.24) is 10.3 Å². The summed E-state index contributed by atoms with van der Waals surface area (Å²) in [6.45, 7) is 1.02. The lowest BCUT2D eigenvalue weighted by molar-refractivity contribution is 0.563. The average molecular weight is 298 g/mol. The molecule has 4 aromatic rings. The molecule has 112 valence electrons. The molecule has 1 aliphatic rings. The van der Waals surface area contributed by atoms with Gasteiger partial charge in [0.1, 0.15) is 0 Å². The van der Waals surface area contributed by atoms with Gasteiger partial charge in [-0.3, -0.25) is 0 Å². The van der Waals surface area contributed by atoms with Crippen LogP contribution in [0.2, 0.25) is 0 Å². The van der Waals surface area contributed by atoms with Crippen LogP contribution in [0.15, 0.2) is 66.7 Å². The lowest BCUT2D eigenvalue weighted by atomic mass is 9.91. The molecule has 0 bridgehead atoms. The Bertz CT molecular complexity index is 1010. The number of hydrogen-bond donors (Lipinski definition) is 2. The van der Waals surface area contributed by atoms with Gasteiger partial charge in [-0.05, 0) is 34.4 Å². The van der Waals surface area contributed by atoms with Crippen LogP contribution in [-0.4, -0.2) is 11.5 Å². The van der Waals surface area contributed by atoms with Crippen LogP contribution in [0.4, 0.5) is 0 Å². The molecule has 1 unspecified atom stereocenters. The Morgan fingerprint density at radius 1 is 0.783 bits per heavy atom. The van der Waals surface area contributed by atoms with Crippen molar-refractivity contribution in [3.8, 4) is 0 Å². The second kappa shape index (κ2) is 4.97. The number of nitrogens with one attached hydrogen (secondary N) is 2. The van der Waals surface area contributed by atoms with Gasteiger partial charge in [0.25, 0.3) is 0 Å². The molecule has 2 N–H and O–H groups in total. The summed E-state index contributed by atoms with van der Waals surface area (Å²) in [6, 6.07) is 24.1. The molecule has 0 saturated heterocycles. The van der Waals surface area contributed by atoms with Gasteiger partial charge in [-0.1, -0.05) is 60.7 Å². The molecule has 2 nitrogen and oxygen atoms in total. The molecular weight excluding hydrogens is 280 g/mol. The molecule has 0 spiro atoms. The van der Waals surface area contributed by atoms with Crippen molar-refractivity contribution in [1.29, 1.82) is 0 Å². The molecule has 0 fully saturated rings. The Morgan fingerprint density at radius 3 is 2.52 bits per heavy atom. The molecule has 1 atom stereocenters. The second-order valence-electron chi connectivity index (χ2n) is 6.27. The van der Waals surface area contributed by atoms with Crippen LogP contribution in [-0.2, 0) is 6.42 Å². The zero-order valence-corrected chi connectivity index (χ0v) is 12.8. The highest BCUT2D eigenvalue weighted by Crippen LogP contribution is 2.35. The molecular formula is C21H18N2. The average Bonchev–Trinajstić information content (AvgIpc) is 3.00. The third kappa shape index (κ3) is 1.92. The van der Waals surface area contributed by atoms with E-state index in [2.05, 4.69) is 77.0 Å². The van der Waals surface area contributed by atoms with Gasteiger partial charge in [0.15, 0.2) is 0 Å². The van der Waals surface area contributed by atoms with E-state index in [4.69, 9.17) is 0 Å². The standard InChI is InChI=1S/C21H18N2/c1-2-8-15-14(6-1)7-5-10-17(15)20-21-18(12-13-22-20)16-9-3-4-11-19(16)23-21/h1-11,20,22-23H,12-13H2. The van der Waals surface area contributed by atoms with E-state index >= 15 is 0 Å². The molecule has 0 aliphatic carbocycles. The minimum atomic E-state index is 0.234. The predicted molar refractivity (Wildman–Crippen MR) is 95.8 cm³/mol. The summed E-state index contributed by atoms with van der Waals surface area (Å²) in [5.41, 5.74) is 5.40. The van der Waals surface area contributed by atoms with E-state index in [1.807, 2.05) is 0 Å². The number of hydrogen-bond acceptors (Lipinski definition) is 1. The van der Waals surface area contributed by atoms with Crippen molar-refractivity contribution in [2.75, 3.05) is 6.54 Å². The Labute approximate surface area is 135 Å². The van der Waals surface area contributed by atoms with E-state index in [9.17, 15) is 0 Å². The van der Waals surface area contributed by atoms with Crippen molar-refractivity contribution >= 4 is 21.7 Å². The molecule has 3 aromatic carbocycles. The molecule has 5 rings (SSSR count). The first-order valence-electron chi connectivity index (χ1n) is 8.22. The van der Waals surface area contributed by atoms with Crippen LogP contribution in [0.1, 0.15) is 22.9 Å². The Hall–Kier alpha value is -2.58. The van der Waals surface area contributed by atoms with Crippen molar-refractivity contribution in [3.63, 3.8) is 0 Å². The highest BCUT2D eigenvalue weighted by atomic mass is 15.0. The molecule has 2 heterocycles. The van der Waals surface area contributed by atoms with Crippen LogP contribution in [0, 0.1) is 0 Å². The van der Waals surface area contributed by atoms with Crippen molar-refractivity contribution in [3.05, 3.63) is 83.6 Å². The maximum atomic E-state index is 3.71. The number of rotatable bonds is 1. The van der Waals surface area contributed by atoms with Gasteiger partial charge in [0.05, 0.1) is 6.04 Å². The van der Waals surface area contributed by atoms with Crippen LogP contribution in [0.3, 0.4) is 0 Å². The third-order valence-electron chi connectivity index (χ3n) is 4.99. The molecule has 0 saturated carbocycles. The maximum absolute atomic E-state index is 3.71. The highest BCUT2D eigenvalue weighted by molar-refractivity contribution is 5.88. The summed E-state index contributed by atoms with van der Waals surface area (Å²) in [6.07, 6.45) is 1.08. The van der Waals surface area contributed by atoms with E-state index < -0.39 is 0 Å². The Kier molecular flexibility index (Phi) is 2.79. The number of aromatic nitrogens is 1. The SMILES string of the molecule is c1ccc2c(C3NCCc4c3[nH]c3ccccc43)cccc2c1. The maximum Gasteiger partial charge on any atom is 0.0738 e.